The molecule has 4 aromatic carbocycles. The first-order valence-corrected chi connectivity index (χ1v) is 13.4. The maximum atomic E-state index is 15.3. The van der Waals surface area contributed by atoms with Crippen LogP contribution in [0.5, 0.6) is 11.5 Å². The van der Waals surface area contributed by atoms with Gasteiger partial charge in [0.25, 0.3) is 5.56 Å². The second kappa shape index (κ2) is 10.8. The number of nitrogens with zero attached hydrogens (tertiary/aromatic N) is 1. The zero-order valence-electron chi connectivity index (χ0n) is 21.8. The Bertz CT molecular complexity index is 2100. The average Bonchev–Trinajstić information content (AvgIpc) is 2.98. The van der Waals surface area contributed by atoms with Crippen molar-refractivity contribution in [2.24, 2.45) is 0 Å². The van der Waals surface area contributed by atoms with Crippen molar-refractivity contribution in [1.82, 2.24) is 4.57 Å². The van der Waals surface area contributed by atoms with Gasteiger partial charge in [-0.15, -0.1) is 0 Å². The number of aromatic nitrogens is 1. The molecule has 0 aliphatic rings. The van der Waals surface area contributed by atoms with Gasteiger partial charge < -0.3 is 8.92 Å². The summed E-state index contributed by atoms with van der Waals surface area (Å²) in [4.78, 5) is 12.2. The van der Waals surface area contributed by atoms with Gasteiger partial charge in [-0.2, -0.15) is 17.2 Å². The molecule has 0 unspecified atom stereocenters. The minimum absolute atomic E-state index is 0.00818. The monoisotopic (exact) mass is 623 g/mol. The fraction of sp³-hybridized carbons (Fsp3) is 0.0690. The lowest BCUT2D eigenvalue weighted by molar-refractivity contribution is 0.346. The lowest BCUT2D eigenvalue weighted by atomic mass is 10.0. The van der Waals surface area contributed by atoms with Crippen molar-refractivity contribution < 1.29 is 48.1 Å². The summed E-state index contributed by atoms with van der Waals surface area (Å²) in [5.41, 5.74) is -0.304. The van der Waals surface area contributed by atoms with E-state index in [-0.39, 0.29) is 33.5 Å². The van der Waals surface area contributed by atoms with Crippen LogP contribution in [0.4, 0.5) is 30.7 Å². The molecule has 0 saturated heterocycles. The molecule has 222 valence electrons. The molecule has 0 fully saturated rings. The fourth-order valence-corrected chi connectivity index (χ4v) is 5.27. The highest BCUT2D eigenvalue weighted by Crippen LogP contribution is 2.35. The van der Waals surface area contributed by atoms with E-state index in [2.05, 4.69) is 4.18 Å². The molecule has 0 amide bonds. The predicted octanol–water partition coefficient (Wildman–Crippen LogP) is 6.72. The number of pyridine rings is 1. The Hall–Kier alpha value is -4.85. The largest absolute Gasteiger partial charge is 0.495 e. The van der Waals surface area contributed by atoms with Crippen LogP contribution in [0.2, 0.25) is 0 Å². The van der Waals surface area contributed by atoms with Crippen LogP contribution in [0, 0.1) is 47.6 Å². The molecule has 0 aliphatic carbocycles. The van der Waals surface area contributed by atoms with Gasteiger partial charge in [0.15, 0.2) is 0 Å². The number of fused-ring (bicyclic) bond motifs is 1. The number of rotatable bonds is 6. The highest BCUT2D eigenvalue weighted by Gasteiger charge is 2.31. The van der Waals surface area contributed by atoms with Gasteiger partial charge in [-0.05, 0) is 54.4 Å². The Morgan fingerprint density at radius 1 is 0.721 bits per heavy atom. The molecule has 6 nitrogen and oxygen atoms in total. The van der Waals surface area contributed by atoms with Gasteiger partial charge in [-0.25, -0.2) is 22.0 Å². The van der Waals surface area contributed by atoms with Crippen LogP contribution in [-0.4, -0.2) is 20.1 Å². The van der Waals surface area contributed by atoms with Gasteiger partial charge in [0.2, 0.25) is 34.8 Å². The van der Waals surface area contributed by atoms with Crippen LogP contribution in [-0.2, 0) is 10.1 Å². The van der Waals surface area contributed by atoms with E-state index in [9.17, 15) is 39.6 Å². The summed E-state index contributed by atoms with van der Waals surface area (Å²) in [5.74, 6) is -15.8. The minimum Gasteiger partial charge on any atom is -0.495 e. The Balaban J connectivity index is 1.62. The lowest BCUT2D eigenvalue weighted by Crippen LogP contribution is -2.19. The quantitative estimate of drug-likeness (QED) is 0.0910. The topological polar surface area (TPSA) is 74.6 Å². The van der Waals surface area contributed by atoms with Crippen LogP contribution in [0.1, 0.15) is 5.56 Å². The van der Waals surface area contributed by atoms with E-state index in [1.807, 2.05) is 0 Å². The van der Waals surface area contributed by atoms with Gasteiger partial charge in [0.05, 0.1) is 18.3 Å². The van der Waals surface area contributed by atoms with E-state index < -0.39 is 67.0 Å². The van der Waals surface area contributed by atoms with E-state index in [1.165, 1.54) is 38.3 Å². The van der Waals surface area contributed by atoms with Crippen molar-refractivity contribution >= 4 is 21.0 Å². The van der Waals surface area contributed by atoms with Crippen LogP contribution in [0.3, 0.4) is 0 Å². The summed E-state index contributed by atoms with van der Waals surface area (Å²) in [6, 6.07) is 11.3. The molecule has 14 heteroatoms. The second-order valence-corrected chi connectivity index (χ2v) is 10.7. The third-order valence-corrected chi connectivity index (χ3v) is 7.73. The van der Waals surface area contributed by atoms with Crippen LogP contribution < -0.4 is 14.5 Å². The second-order valence-electron chi connectivity index (χ2n) is 9.13. The molecule has 5 rings (SSSR count). The van der Waals surface area contributed by atoms with E-state index in [4.69, 9.17) is 4.74 Å². The van der Waals surface area contributed by atoms with Gasteiger partial charge in [0.1, 0.15) is 22.3 Å². The Kier molecular flexibility index (Phi) is 7.42. The van der Waals surface area contributed by atoms with E-state index in [0.717, 1.165) is 41.0 Å². The molecule has 0 radical (unpaired) electrons. The first kappa shape index (κ1) is 29.6. The standard InChI is InChI=1S/C29H16F7NO5S/c1-13-3-4-14(10-18(13)30)17-11-22(41-2)21(12-19(17)31)37-20-7-6-16(9-15(20)5-8-23(37)38)43(39,40)42-29-27(35)25(33)24(32)26(34)28(29)36/h3-12H,1-2H3. The van der Waals surface area contributed by atoms with E-state index in [0.29, 0.717) is 5.56 Å². The van der Waals surface area contributed by atoms with Crippen molar-refractivity contribution in [1.29, 1.82) is 0 Å². The van der Waals surface area contributed by atoms with Gasteiger partial charge in [-0.3, -0.25) is 9.36 Å². The molecule has 0 spiro atoms. The first-order valence-electron chi connectivity index (χ1n) is 12.0. The number of halogens is 7. The molecule has 1 aromatic heterocycles. The summed E-state index contributed by atoms with van der Waals surface area (Å²) >= 11 is 0. The Labute approximate surface area is 238 Å². The molecule has 0 atom stereocenters. The Morgan fingerprint density at radius 2 is 1.37 bits per heavy atom. The minimum atomic E-state index is -5.18. The molecule has 1 heterocycles. The van der Waals surface area contributed by atoms with Gasteiger partial charge >= 0.3 is 10.1 Å². The average molecular weight is 624 g/mol. The summed E-state index contributed by atoms with van der Waals surface area (Å²) in [7, 11) is -3.94. The summed E-state index contributed by atoms with van der Waals surface area (Å²) in [6.45, 7) is 1.54. The number of hydrogen-bond acceptors (Lipinski definition) is 5. The smallest absolute Gasteiger partial charge is 0.339 e. The normalized spacial score (nSPS) is 11.7. The highest BCUT2D eigenvalue weighted by atomic mass is 32.2. The molecule has 0 saturated carbocycles. The zero-order chi connectivity index (χ0) is 31.4. The van der Waals surface area contributed by atoms with Crippen molar-refractivity contribution in [3.05, 3.63) is 117 Å². The van der Waals surface area contributed by atoms with Crippen molar-refractivity contribution in [2.75, 3.05) is 7.11 Å². The molecular weight excluding hydrogens is 607 g/mol. The number of benzene rings is 4. The SMILES string of the molecule is COc1cc(-c2ccc(C)c(F)c2)c(F)cc1-n1c(=O)ccc2cc(S(=O)(=O)Oc3c(F)c(F)c(F)c(F)c3F)ccc21. The number of hydrogen-bond donors (Lipinski definition) is 0. The molecular formula is C29H16F7NO5S. The van der Waals surface area contributed by atoms with Crippen LogP contribution in [0.25, 0.3) is 27.7 Å². The lowest BCUT2D eigenvalue weighted by Gasteiger charge is -2.17. The number of ether oxygens (including phenoxy) is 1. The van der Waals surface area contributed by atoms with Crippen molar-refractivity contribution in [2.45, 2.75) is 11.8 Å². The Morgan fingerprint density at radius 3 is 2.00 bits per heavy atom. The van der Waals surface area contributed by atoms with Gasteiger partial charge in [-0.1, -0.05) is 12.1 Å². The first-order chi connectivity index (χ1) is 20.2. The number of aryl methyl sites for hydroxylation is 1. The molecule has 5 aromatic rings. The van der Waals surface area contributed by atoms with E-state index in [1.54, 1.807) is 0 Å². The molecule has 0 N–H and O–H groups in total. The van der Waals surface area contributed by atoms with Crippen LogP contribution in [0.15, 0.2) is 70.4 Å². The van der Waals surface area contributed by atoms with Crippen molar-refractivity contribution in [3.8, 4) is 28.3 Å². The summed E-state index contributed by atoms with van der Waals surface area (Å²) in [5, 5.41) is 0.00818. The maximum Gasteiger partial charge on any atom is 0.339 e. The number of methoxy groups -OCH3 is 1. The molecule has 0 bridgehead atoms. The van der Waals surface area contributed by atoms with Crippen molar-refractivity contribution in [3.63, 3.8) is 0 Å². The fourth-order valence-electron chi connectivity index (χ4n) is 4.31. The third-order valence-electron chi connectivity index (χ3n) is 6.51. The van der Waals surface area contributed by atoms with Crippen LogP contribution >= 0.6 is 0 Å². The zero-order valence-corrected chi connectivity index (χ0v) is 22.6. The van der Waals surface area contributed by atoms with Gasteiger partial charge in [0, 0.05) is 23.1 Å². The summed E-state index contributed by atoms with van der Waals surface area (Å²) < 4.78 is 134. The molecule has 0 aliphatic heterocycles. The predicted molar refractivity (Wildman–Crippen MR) is 140 cm³/mol. The highest BCUT2D eigenvalue weighted by molar-refractivity contribution is 7.87. The molecule has 43 heavy (non-hydrogen) atoms. The van der Waals surface area contributed by atoms with E-state index >= 15 is 4.39 Å². The maximum absolute atomic E-state index is 15.3. The summed E-state index contributed by atoms with van der Waals surface area (Å²) in [6.07, 6.45) is 0. The third kappa shape index (κ3) is 5.07.